The van der Waals surface area contributed by atoms with Gasteiger partial charge in [-0.05, 0) is 43.0 Å². The van der Waals surface area contributed by atoms with E-state index in [9.17, 15) is 4.79 Å². The summed E-state index contributed by atoms with van der Waals surface area (Å²) in [6.45, 7) is 1.34. The second-order valence-electron chi connectivity index (χ2n) is 7.06. The third-order valence-corrected chi connectivity index (χ3v) is 5.37. The van der Waals surface area contributed by atoms with Crippen LogP contribution >= 0.6 is 36.4 Å². The van der Waals surface area contributed by atoms with Gasteiger partial charge in [0.1, 0.15) is 5.52 Å². The van der Waals surface area contributed by atoms with Crippen LogP contribution in [0, 0.1) is 0 Å². The van der Waals surface area contributed by atoms with Gasteiger partial charge in [-0.2, -0.15) is 0 Å². The molecular weight excluding hydrogens is 433 g/mol. The minimum Gasteiger partial charge on any atom is -0.440 e. The van der Waals surface area contributed by atoms with E-state index in [1.165, 1.54) is 0 Å². The molecule has 0 spiro atoms. The van der Waals surface area contributed by atoms with Crippen molar-refractivity contribution >= 4 is 53.4 Å². The van der Waals surface area contributed by atoms with Gasteiger partial charge in [0, 0.05) is 24.0 Å². The number of oxazole rings is 1. The van der Waals surface area contributed by atoms with Gasteiger partial charge in [-0.1, -0.05) is 41.9 Å². The Kier molecular flexibility index (Phi) is 8.34. The SMILES string of the molecule is Cl.Cl.NC(Cc1ccccc1)C(=O)N1CCC(c2nc3cc(Cl)ccc3o2)CC1. The molecule has 2 aromatic carbocycles. The molecule has 1 atom stereocenters. The van der Waals surface area contributed by atoms with Gasteiger partial charge in [0.25, 0.3) is 0 Å². The summed E-state index contributed by atoms with van der Waals surface area (Å²) in [4.78, 5) is 19.1. The van der Waals surface area contributed by atoms with Crippen LogP contribution in [0.1, 0.15) is 30.2 Å². The highest BCUT2D eigenvalue weighted by Crippen LogP contribution is 2.31. The number of carbonyl (C=O) groups is 1. The van der Waals surface area contributed by atoms with Gasteiger partial charge in [-0.3, -0.25) is 4.79 Å². The summed E-state index contributed by atoms with van der Waals surface area (Å²) in [5.41, 5.74) is 8.76. The van der Waals surface area contributed by atoms with Crippen molar-refractivity contribution in [3.8, 4) is 0 Å². The number of nitrogens with two attached hydrogens (primary N) is 1. The van der Waals surface area contributed by atoms with Crippen molar-refractivity contribution in [1.29, 1.82) is 0 Å². The fraction of sp³-hybridized carbons (Fsp3) is 0.333. The topological polar surface area (TPSA) is 72.4 Å². The van der Waals surface area contributed by atoms with Crippen LogP contribution in [0.3, 0.4) is 0 Å². The number of rotatable bonds is 4. The summed E-state index contributed by atoms with van der Waals surface area (Å²) in [6.07, 6.45) is 2.21. The number of likely N-dealkylation sites (tertiary alicyclic amines) is 1. The summed E-state index contributed by atoms with van der Waals surface area (Å²) in [7, 11) is 0. The third kappa shape index (κ3) is 5.43. The molecule has 1 aliphatic rings. The summed E-state index contributed by atoms with van der Waals surface area (Å²) < 4.78 is 5.89. The van der Waals surface area contributed by atoms with Crippen LogP contribution in [0.5, 0.6) is 0 Å². The van der Waals surface area contributed by atoms with Crippen molar-refractivity contribution < 1.29 is 9.21 Å². The molecule has 1 aromatic heterocycles. The summed E-state index contributed by atoms with van der Waals surface area (Å²) in [5, 5.41) is 0.648. The molecule has 8 heteroatoms. The molecule has 1 unspecified atom stereocenters. The molecule has 1 saturated heterocycles. The van der Waals surface area contributed by atoms with Gasteiger partial charge in [0.2, 0.25) is 5.91 Å². The molecule has 1 amide bonds. The normalized spacial score (nSPS) is 15.4. The van der Waals surface area contributed by atoms with Crippen LogP contribution in [0.25, 0.3) is 11.1 Å². The Morgan fingerprint density at radius 3 is 2.55 bits per heavy atom. The monoisotopic (exact) mass is 455 g/mol. The number of benzene rings is 2. The maximum absolute atomic E-state index is 12.7. The highest BCUT2D eigenvalue weighted by molar-refractivity contribution is 6.31. The van der Waals surface area contributed by atoms with Gasteiger partial charge < -0.3 is 15.1 Å². The van der Waals surface area contributed by atoms with Crippen LogP contribution in [-0.2, 0) is 11.2 Å². The second kappa shape index (κ2) is 10.3. The standard InChI is InChI=1S/C21H22ClN3O2.2ClH/c22-16-6-7-19-18(13-16)24-20(27-19)15-8-10-25(11-9-15)21(26)17(23)12-14-4-2-1-3-5-14;;/h1-7,13,15,17H,8-12,23H2;2*1H. The number of nitrogens with zero attached hydrogens (tertiary/aromatic N) is 2. The average molecular weight is 457 g/mol. The number of hydrogen-bond acceptors (Lipinski definition) is 4. The zero-order valence-corrected chi connectivity index (χ0v) is 18.2. The molecule has 2 N–H and O–H groups in total. The molecule has 1 fully saturated rings. The van der Waals surface area contributed by atoms with Crippen molar-refractivity contribution in [3.63, 3.8) is 0 Å². The second-order valence-corrected chi connectivity index (χ2v) is 7.50. The zero-order valence-electron chi connectivity index (χ0n) is 15.8. The number of fused-ring (bicyclic) bond motifs is 1. The average Bonchev–Trinajstić information content (AvgIpc) is 3.11. The number of piperidine rings is 1. The Morgan fingerprint density at radius 2 is 1.86 bits per heavy atom. The number of halogens is 3. The Morgan fingerprint density at radius 1 is 1.17 bits per heavy atom. The molecule has 3 aromatic rings. The van der Waals surface area contributed by atoms with Gasteiger partial charge in [-0.15, -0.1) is 24.8 Å². The van der Waals surface area contributed by atoms with E-state index in [-0.39, 0.29) is 36.6 Å². The minimum atomic E-state index is -0.504. The fourth-order valence-electron chi connectivity index (χ4n) is 3.63. The Hall–Kier alpha value is -1.79. The van der Waals surface area contributed by atoms with E-state index in [1.807, 2.05) is 47.4 Å². The minimum absolute atomic E-state index is 0. The maximum atomic E-state index is 12.7. The van der Waals surface area contributed by atoms with Gasteiger partial charge >= 0.3 is 0 Å². The van der Waals surface area contributed by atoms with E-state index >= 15 is 0 Å². The Bertz CT molecular complexity index is 941. The molecule has 156 valence electrons. The van der Waals surface area contributed by atoms with Crippen LogP contribution in [-0.4, -0.2) is 34.9 Å². The molecule has 0 radical (unpaired) electrons. The van der Waals surface area contributed by atoms with Crippen molar-refractivity contribution in [2.75, 3.05) is 13.1 Å². The van der Waals surface area contributed by atoms with E-state index in [2.05, 4.69) is 4.98 Å². The van der Waals surface area contributed by atoms with Crippen molar-refractivity contribution in [3.05, 3.63) is 65.0 Å². The predicted molar refractivity (Wildman–Crippen MR) is 120 cm³/mol. The van der Waals surface area contributed by atoms with Gasteiger partial charge in [0.05, 0.1) is 6.04 Å². The first-order valence-corrected chi connectivity index (χ1v) is 9.62. The van der Waals surface area contributed by atoms with E-state index in [1.54, 1.807) is 6.07 Å². The molecule has 29 heavy (non-hydrogen) atoms. The smallest absolute Gasteiger partial charge is 0.239 e. The first-order valence-electron chi connectivity index (χ1n) is 9.24. The van der Waals surface area contributed by atoms with Crippen LogP contribution in [0.2, 0.25) is 5.02 Å². The maximum Gasteiger partial charge on any atom is 0.239 e. The summed E-state index contributed by atoms with van der Waals surface area (Å²) in [6, 6.07) is 14.8. The van der Waals surface area contributed by atoms with Gasteiger partial charge in [-0.25, -0.2) is 4.98 Å². The van der Waals surface area contributed by atoms with E-state index in [0.717, 1.165) is 35.4 Å². The van der Waals surface area contributed by atoms with Crippen molar-refractivity contribution in [2.45, 2.75) is 31.2 Å². The van der Waals surface area contributed by atoms with E-state index < -0.39 is 6.04 Å². The molecule has 1 aliphatic heterocycles. The lowest BCUT2D eigenvalue weighted by Crippen LogP contribution is -2.47. The van der Waals surface area contributed by atoms with Crippen LogP contribution in [0.15, 0.2) is 52.9 Å². The molecule has 0 aliphatic carbocycles. The quantitative estimate of drug-likeness (QED) is 0.622. The van der Waals surface area contributed by atoms with E-state index in [0.29, 0.717) is 24.5 Å². The summed E-state index contributed by atoms with van der Waals surface area (Å²) >= 11 is 6.02. The number of hydrogen-bond donors (Lipinski definition) is 1. The molecule has 0 saturated carbocycles. The zero-order chi connectivity index (χ0) is 18.8. The van der Waals surface area contributed by atoms with Gasteiger partial charge in [0.15, 0.2) is 11.5 Å². The van der Waals surface area contributed by atoms with Crippen LogP contribution in [0.4, 0.5) is 0 Å². The number of amides is 1. The largest absolute Gasteiger partial charge is 0.440 e. The third-order valence-electron chi connectivity index (χ3n) is 5.14. The van der Waals surface area contributed by atoms with Crippen molar-refractivity contribution in [1.82, 2.24) is 9.88 Å². The van der Waals surface area contributed by atoms with E-state index in [4.69, 9.17) is 21.8 Å². The lowest BCUT2D eigenvalue weighted by molar-refractivity contribution is -0.133. The van der Waals surface area contributed by atoms with Crippen molar-refractivity contribution in [2.24, 2.45) is 5.73 Å². The molecule has 5 nitrogen and oxygen atoms in total. The summed E-state index contributed by atoms with van der Waals surface area (Å²) in [5.74, 6) is 0.958. The first-order chi connectivity index (χ1) is 13.1. The molecule has 2 heterocycles. The molecule has 0 bridgehead atoms. The Balaban J connectivity index is 0.00000150. The molecular formula is C21H24Cl3N3O2. The van der Waals surface area contributed by atoms with Crippen LogP contribution < -0.4 is 5.73 Å². The number of aromatic nitrogens is 1. The molecule has 4 rings (SSSR count). The highest BCUT2D eigenvalue weighted by Gasteiger charge is 2.29. The first kappa shape index (κ1) is 23.5. The predicted octanol–water partition coefficient (Wildman–Crippen LogP) is 4.60. The fourth-order valence-corrected chi connectivity index (χ4v) is 3.80. The lowest BCUT2D eigenvalue weighted by atomic mass is 9.95. The Labute approximate surface area is 187 Å². The number of carbonyl (C=O) groups excluding carboxylic acids is 1. The highest BCUT2D eigenvalue weighted by atomic mass is 35.5. The lowest BCUT2D eigenvalue weighted by Gasteiger charge is -2.32.